The number of amides is 1. The van der Waals surface area contributed by atoms with Gasteiger partial charge < -0.3 is 4.90 Å². The fourth-order valence-electron chi connectivity index (χ4n) is 1.23. The lowest BCUT2D eigenvalue weighted by atomic mass is 10.2. The fourth-order valence-corrected chi connectivity index (χ4v) is 1.76. The van der Waals surface area contributed by atoms with Crippen molar-refractivity contribution in [3.63, 3.8) is 0 Å². The molecule has 0 saturated carbocycles. The smallest absolute Gasteiger partial charge is 0.273 e. The minimum atomic E-state index is -0.0958. The topological polar surface area (TPSA) is 57.0 Å². The summed E-state index contributed by atoms with van der Waals surface area (Å²) in [5.41, 5.74) is 2.10. The number of hydrogen-bond donors (Lipinski definition) is 0. The van der Waals surface area contributed by atoms with Crippen LogP contribution in [0.3, 0.4) is 0 Å². The maximum absolute atomic E-state index is 11.9. The fraction of sp³-hybridized carbons (Fsp3) is 0.500. The third-order valence-electron chi connectivity index (χ3n) is 2.00. The Labute approximate surface area is 93.2 Å². The summed E-state index contributed by atoms with van der Waals surface area (Å²) >= 11 is 1.40. The molecule has 0 atom stereocenters. The summed E-state index contributed by atoms with van der Waals surface area (Å²) in [5.74, 6) is -0.0958. The zero-order valence-corrected chi connectivity index (χ0v) is 9.62. The highest BCUT2D eigenvalue weighted by atomic mass is 32.1. The van der Waals surface area contributed by atoms with Gasteiger partial charge in [0.05, 0.1) is 18.0 Å². The molecule has 0 saturated heterocycles. The molecule has 0 N–H and O–H groups in total. The standard InChI is InChI=1S/C10H13N3OS/c1-8(2)13(5-3-4-11)10(14)9-6-15-7-12-9/h6-8H,3,5H2,1-2H3. The van der Waals surface area contributed by atoms with Crippen LogP contribution in [0.1, 0.15) is 30.8 Å². The maximum atomic E-state index is 11.9. The van der Waals surface area contributed by atoms with Crippen molar-refractivity contribution in [1.82, 2.24) is 9.88 Å². The highest BCUT2D eigenvalue weighted by molar-refractivity contribution is 7.07. The number of rotatable bonds is 4. The van der Waals surface area contributed by atoms with Gasteiger partial charge in [0, 0.05) is 18.0 Å². The quantitative estimate of drug-likeness (QED) is 0.783. The predicted molar refractivity (Wildman–Crippen MR) is 58.5 cm³/mol. The van der Waals surface area contributed by atoms with Crippen LogP contribution in [0, 0.1) is 11.3 Å². The molecule has 1 heterocycles. The molecule has 4 nitrogen and oxygen atoms in total. The van der Waals surface area contributed by atoms with E-state index in [9.17, 15) is 4.79 Å². The highest BCUT2D eigenvalue weighted by Gasteiger charge is 2.19. The summed E-state index contributed by atoms with van der Waals surface area (Å²) in [6.07, 6.45) is 0.355. The van der Waals surface area contributed by atoms with Gasteiger partial charge in [-0.25, -0.2) is 4.98 Å². The molecule has 5 heteroatoms. The van der Waals surface area contributed by atoms with Crippen LogP contribution in [-0.2, 0) is 0 Å². The molecule has 0 fully saturated rings. The average Bonchev–Trinajstić information content (AvgIpc) is 2.70. The Morgan fingerprint density at radius 1 is 1.73 bits per heavy atom. The van der Waals surface area contributed by atoms with Crippen LogP contribution >= 0.6 is 11.3 Å². The first-order valence-corrected chi connectivity index (χ1v) is 5.67. The molecule has 0 aliphatic rings. The lowest BCUT2D eigenvalue weighted by molar-refractivity contribution is 0.0705. The van der Waals surface area contributed by atoms with Crippen molar-refractivity contribution >= 4 is 17.2 Å². The van der Waals surface area contributed by atoms with Crippen molar-refractivity contribution in [2.75, 3.05) is 6.54 Å². The Morgan fingerprint density at radius 3 is 2.93 bits per heavy atom. The summed E-state index contributed by atoms with van der Waals surface area (Å²) in [5, 5.41) is 10.2. The summed E-state index contributed by atoms with van der Waals surface area (Å²) in [7, 11) is 0. The van der Waals surface area contributed by atoms with Crippen LogP contribution in [-0.4, -0.2) is 28.4 Å². The summed E-state index contributed by atoms with van der Waals surface area (Å²) < 4.78 is 0. The van der Waals surface area contributed by atoms with E-state index in [1.165, 1.54) is 11.3 Å². The average molecular weight is 223 g/mol. The van der Waals surface area contributed by atoms with Gasteiger partial charge in [0.2, 0.25) is 0 Å². The van der Waals surface area contributed by atoms with Crippen LogP contribution < -0.4 is 0 Å². The van der Waals surface area contributed by atoms with Crippen LogP contribution in [0.15, 0.2) is 10.9 Å². The maximum Gasteiger partial charge on any atom is 0.273 e. The Bertz CT molecular complexity index is 353. The number of carbonyl (C=O) groups excluding carboxylic acids is 1. The van der Waals surface area contributed by atoms with Gasteiger partial charge in [-0.2, -0.15) is 5.26 Å². The van der Waals surface area contributed by atoms with Crippen LogP contribution in [0.4, 0.5) is 0 Å². The second-order valence-electron chi connectivity index (χ2n) is 3.37. The van der Waals surface area contributed by atoms with Crippen molar-refractivity contribution < 1.29 is 4.79 Å². The minimum absolute atomic E-state index is 0.0903. The van der Waals surface area contributed by atoms with E-state index in [0.29, 0.717) is 18.7 Å². The van der Waals surface area contributed by atoms with Crippen molar-refractivity contribution in [2.24, 2.45) is 0 Å². The predicted octanol–water partition coefficient (Wildman–Crippen LogP) is 1.91. The van der Waals surface area contributed by atoms with Gasteiger partial charge in [-0.15, -0.1) is 11.3 Å². The van der Waals surface area contributed by atoms with E-state index in [0.717, 1.165) is 0 Å². The number of hydrogen-bond acceptors (Lipinski definition) is 4. The Kier molecular flexibility index (Phi) is 4.25. The van der Waals surface area contributed by atoms with Crippen molar-refractivity contribution in [1.29, 1.82) is 5.26 Å². The third kappa shape index (κ3) is 3.03. The Morgan fingerprint density at radius 2 is 2.47 bits per heavy atom. The van der Waals surface area contributed by atoms with E-state index in [2.05, 4.69) is 4.98 Å². The largest absolute Gasteiger partial charge is 0.334 e. The Hall–Kier alpha value is -1.41. The third-order valence-corrected chi connectivity index (χ3v) is 2.59. The summed E-state index contributed by atoms with van der Waals surface area (Å²) in [4.78, 5) is 17.6. The van der Waals surface area contributed by atoms with Gasteiger partial charge in [-0.1, -0.05) is 0 Å². The molecule has 0 aliphatic heterocycles. The Balaban J connectivity index is 2.73. The molecule has 1 aromatic rings. The first-order chi connectivity index (χ1) is 7.16. The molecule has 1 rings (SSSR count). The molecular weight excluding hydrogens is 210 g/mol. The van der Waals surface area contributed by atoms with Crippen LogP contribution in [0.25, 0.3) is 0 Å². The summed E-state index contributed by atoms with van der Waals surface area (Å²) in [6, 6.07) is 2.13. The number of nitriles is 1. The molecule has 1 amide bonds. The molecule has 1 aromatic heterocycles. The van der Waals surface area contributed by atoms with Crippen molar-refractivity contribution in [3.05, 3.63) is 16.6 Å². The van der Waals surface area contributed by atoms with E-state index in [4.69, 9.17) is 5.26 Å². The lowest BCUT2D eigenvalue weighted by Crippen LogP contribution is -2.37. The van der Waals surface area contributed by atoms with Gasteiger partial charge in [-0.3, -0.25) is 4.79 Å². The van der Waals surface area contributed by atoms with E-state index in [-0.39, 0.29) is 11.9 Å². The number of carbonyl (C=O) groups is 1. The SMILES string of the molecule is CC(C)N(CCC#N)C(=O)c1cscn1. The van der Waals surface area contributed by atoms with Crippen LogP contribution in [0.5, 0.6) is 0 Å². The van der Waals surface area contributed by atoms with E-state index in [1.807, 2.05) is 19.9 Å². The molecule has 0 aliphatic carbocycles. The van der Waals surface area contributed by atoms with Gasteiger partial charge in [0.25, 0.3) is 5.91 Å². The van der Waals surface area contributed by atoms with Crippen molar-refractivity contribution in [2.45, 2.75) is 26.3 Å². The molecule has 0 radical (unpaired) electrons. The molecule has 0 unspecified atom stereocenters. The second kappa shape index (κ2) is 5.47. The summed E-state index contributed by atoms with van der Waals surface area (Å²) in [6.45, 7) is 4.33. The lowest BCUT2D eigenvalue weighted by Gasteiger charge is -2.24. The van der Waals surface area contributed by atoms with Gasteiger partial charge >= 0.3 is 0 Å². The monoisotopic (exact) mass is 223 g/mol. The first-order valence-electron chi connectivity index (χ1n) is 4.73. The number of aromatic nitrogens is 1. The van der Waals surface area contributed by atoms with Gasteiger partial charge in [0.1, 0.15) is 5.69 Å². The van der Waals surface area contributed by atoms with Gasteiger partial charge in [-0.05, 0) is 13.8 Å². The first kappa shape index (κ1) is 11.7. The zero-order chi connectivity index (χ0) is 11.3. The van der Waals surface area contributed by atoms with E-state index >= 15 is 0 Å². The molecule has 0 spiro atoms. The minimum Gasteiger partial charge on any atom is -0.334 e. The zero-order valence-electron chi connectivity index (χ0n) is 8.80. The molecule has 15 heavy (non-hydrogen) atoms. The van der Waals surface area contributed by atoms with E-state index in [1.54, 1.807) is 15.8 Å². The molecule has 80 valence electrons. The molecular formula is C10H13N3OS. The molecule has 0 bridgehead atoms. The molecule has 0 aromatic carbocycles. The second-order valence-corrected chi connectivity index (χ2v) is 4.09. The van der Waals surface area contributed by atoms with Gasteiger partial charge in [0.15, 0.2) is 0 Å². The van der Waals surface area contributed by atoms with Crippen LogP contribution in [0.2, 0.25) is 0 Å². The number of nitrogens with zero attached hydrogens (tertiary/aromatic N) is 3. The normalized spacial score (nSPS) is 10.0. The van der Waals surface area contributed by atoms with Crippen molar-refractivity contribution in [3.8, 4) is 6.07 Å². The highest BCUT2D eigenvalue weighted by Crippen LogP contribution is 2.09. The van der Waals surface area contributed by atoms with E-state index < -0.39 is 0 Å². The number of thiazole rings is 1.